The van der Waals surface area contributed by atoms with Gasteiger partial charge in [-0.2, -0.15) is 0 Å². The van der Waals surface area contributed by atoms with Crippen molar-refractivity contribution in [2.75, 3.05) is 35.6 Å². The van der Waals surface area contributed by atoms with E-state index in [-0.39, 0.29) is 30.2 Å². The molecule has 0 saturated carbocycles. The van der Waals surface area contributed by atoms with Gasteiger partial charge in [-0.1, -0.05) is 38.8 Å². The summed E-state index contributed by atoms with van der Waals surface area (Å²) in [5.74, 6) is -0.383. The molecule has 1 saturated heterocycles. The molecule has 3 N–H and O–H groups in total. The molecule has 0 aromatic heterocycles. The summed E-state index contributed by atoms with van der Waals surface area (Å²) in [4.78, 5) is 39.0. The Morgan fingerprint density at radius 2 is 1.47 bits per heavy atom. The van der Waals surface area contributed by atoms with Crippen LogP contribution in [0.1, 0.15) is 49.9 Å². The summed E-state index contributed by atoms with van der Waals surface area (Å²) in [6.07, 6.45) is 4.44. The van der Waals surface area contributed by atoms with Crippen LogP contribution in [0, 0.1) is 5.92 Å². The average molecular weight is 437 g/mol. The second-order valence-electron chi connectivity index (χ2n) is 8.41. The fourth-order valence-corrected chi connectivity index (χ4v) is 3.57. The number of rotatable bonds is 7. The number of nitrogens with zero attached hydrogens (tertiary/aromatic N) is 1. The van der Waals surface area contributed by atoms with Crippen molar-refractivity contribution < 1.29 is 14.4 Å². The zero-order chi connectivity index (χ0) is 22.9. The number of amides is 3. The van der Waals surface area contributed by atoms with Crippen LogP contribution >= 0.6 is 0 Å². The highest BCUT2D eigenvalue weighted by Gasteiger charge is 2.17. The number of hydrogen-bond donors (Lipinski definition) is 3. The molecule has 0 atom stereocenters. The van der Waals surface area contributed by atoms with Crippen molar-refractivity contribution >= 4 is 34.8 Å². The molecule has 2 aromatic carbocycles. The Labute approximate surface area is 189 Å². The third-order valence-corrected chi connectivity index (χ3v) is 5.39. The fourth-order valence-electron chi connectivity index (χ4n) is 3.57. The van der Waals surface area contributed by atoms with E-state index in [2.05, 4.69) is 16.0 Å². The molecule has 1 fully saturated rings. The molecule has 7 heteroatoms. The maximum absolute atomic E-state index is 12.8. The Hall–Kier alpha value is -3.35. The highest BCUT2D eigenvalue weighted by Crippen LogP contribution is 2.18. The normalized spacial score (nSPS) is 13.9. The van der Waals surface area contributed by atoms with Gasteiger partial charge >= 0.3 is 0 Å². The minimum absolute atomic E-state index is 0.0419. The number of carbonyl (C=O) groups is 3. The van der Waals surface area contributed by atoms with Crippen molar-refractivity contribution in [2.24, 2.45) is 5.92 Å². The molecule has 2 aromatic rings. The van der Waals surface area contributed by atoms with Crippen LogP contribution in [-0.4, -0.2) is 42.3 Å². The molecule has 1 aliphatic heterocycles. The Kier molecular flexibility index (Phi) is 8.25. The van der Waals surface area contributed by atoms with E-state index in [1.54, 1.807) is 30.3 Å². The second kappa shape index (κ2) is 11.3. The topological polar surface area (TPSA) is 90.5 Å². The number of nitrogens with one attached hydrogen (secondary N) is 3. The van der Waals surface area contributed by atoms with Gasteiger partial charge in [-0.05, 0) is 49.2 Å². The largest absolute Gasteiger partial charge is 0.376 e. The van der Waals surface area contributed by atoms with Crippen LogP contribution < -0.4 is 16.0 Å². The molecule has 0 aliphatic carbocycles. The van der Waals surface area contributed by atoms with Crippen molar-refractivity contribution in [1.82, 2.24) is 4.90 Å². The summed E-state index contributed by atoms with van der Waals surface area (Å²) in [5, 5.41) is 8.73. The smallest absolute Gasteiger partial charge is 0.253 e. The molecule has 3 amide bonds. The maximum atomic E-state index is 12.8. The Balaban J connectivity index is 1.54. The van der Waals surface area contributed by atoms with Crippen LogP contribution in [-0.2, 0) is 9.59 Å². The van der Waals surface area contributed by atoms with Crippen molar-refractivity contribution in [1.29, 1.82) is 0 Å². The minimum Gasteiger partial charge on any atom is -0.376 e. The van der Waals surface area contributed by atoms with E-state index in [0.29, 0.717) is 16.9 Å². The van der Waals surface area contributed by atoms with Gasteiger partial charge in [0, 0.05) is 41.6 Å². The van der Waals surface area contributed by atoms with E-state index in [1.807, 2.05) is 36.9 Å². The lowest BCUT2D eigenvalue weighted by Crippen LogP contribution is -2.31. The number of carbonyl (C=O) groups excluding carboxylic acids is 3. The SMILES string of the molecule is CC(C)C(=O)Nc1cccc(NC(=O)CNc2cccc(C(=O)N3CCCCCC3)c2)c1. The molecule has 170 valence electrons. The molecule has 0 unspecified atom stereocenters. The zero-order valence-corrected chi connectivity index (χ0v) is 18.8. The number of anilines is 3. The van der Waals surface area contributed by atoms with Gasteiger partial charge in [0.1, 0.15) is 0 Å². The maximum Gasteiger partial charge on any atom is 0.253 e. The van der Waals surface area contributed by atoms with Crippen molar-refractivity contribution in [3.05, 3.63) is 54.1 Å². The van der Waals surface area contributed by atoms with E-state index in [0.717, 1.165) is 31.6 Å². The van der Waals surface area contributed by atoms with E-state index in [9.17, 15) is 14.4 Å². The monoisotopic (exact) mass is 436 g/mol. The Morgan fingerprint density at radius 3 is 2.16 bits per heavy atom. The quantitative estimate of drug-likeness (QED) is 0.602. The zero-order valence-electron chi connectivity index (χ0n) is 18.8. The van der Waals surface area contributed by atoms with Crippen LogP contribution in [0.5, 0.6) is 0 Å². The van der Waals surface area contributed by atoms with Gasteiger partial charge in [0.25, 0.3) is 5.91 Å². The van der Waals surface area contributed by atoms with E-state index < -0.39 is 0 Å². The molecule has 32 heavy (non-hydrogen) atoms. The highest BCUT2D eigenvalue weighted by molar-refractivity contribution is 5.97. The Bertz CT molecular complexity index is 950. The minimum atomic E-state index is -0.221. The summed E-state index contributed by atoms with van der Waals surface area (Å²) in [6.45, 7) is 5.31. The first-order valence-electron chi connectivity index (χ1n) is 11.3. The van der Waals surface area contributed by atoms with Crippen molar-refractivity contribution in [3.63, 3.8) is 0 Å². The second-order valence-corrected chi connectivity index (χ2v) is 8.41. The van der Waals surface area contributed by atoms with Gasteiger partial charge in [0.05, 0.1) is 6.54 Å². The lowest BCUT2D eigenvalue weighted by Gasteiger charge is -2.20. The molecule has 7 nitrogen and oxygen atoms in total. The van der Waals surface area contributed by atoms with Crippen LogP contribution in [0.3, 0.4) is 0 Å². The van der Waals surface area contributed by atoms with Crippen LogP contribution in [0.15, 0.2) is 48.5 Å². The van der Waals surface area contributed by atoms with Gasteiger partial charge in [-0.15, -0.1) is 0 Å². The fraction of sp³-hybridized carbons (Fsp3) is 0.400. The first-order valence-corrected chi connectivity index (χ1v) is 11.3. The lowest BCUT2D eigenvalue weighted by atomic mass is 10.1. The summed E-state index contributed by atoms with van der Waals surface area (Å²) < 4.78 is 0. The van der Waals surface area contributed by atoms with Gasteiger partial charge in [-0.25, -0.2) is 0 Å². The number of likely N-dealkylation sites (tertiary alicyclic amines) is 1. The third-order valence-electron chi connectivity index (χ3n) is 5.39. The van der Waals surface area contributed by atoms with Gasteiger partial charge in [0.15, 0.2) is 0 Å². The summed E-state index contributed by atoms with van der Waals surface area (Å²) in [6, 6.07) is 14.3. The van der Waals surface area contributed by atoms with E-state index in [4.69, 9.17) is 0 Å². The first kappa shape index (κ1) is 23.3. The highest BCUT2D eigenvalue weighted by atomic mass is 16.2. The molecule has 3 rings (SSSR count). The van der Waals surface area contributed by atoms with Crippen LogP contribution in [0.4, 0.5) is 17.1 Å². The summed E-state index contributed by atoms with van der Waals surface area (Å²) >= 11 is 0. The molecular weight excluding hydrogens is 404 g/mol. The molecule has 1 aliphatic rings. The predicted octanol–water partition coefficient (Wildman–Crippen LogP) is 4.35. The third kappa shape index (κ3) is 6.83. The molecular formula is C25H32N4O3. The van der Waals surface area contributed by atoms with E-state index >= 15 is 0 Å². The lowest BCUT2D eigenvalue weighted by molar-refractivity contribution is -0.119. The van der Waals surface area contributed by atoms with Gasteiger partial charge in [0.2, 0.25) is 11.8 Å². The average Bonchev–Trinajstić information content (AvgIpc) is 3.07. The molecule has 0 spiro atoms. The van der Waals surface area contributed by atoms with Crippen LogP contribution in [0.2, 0.25) is 0 Å². The van der Waals surface area contributed by atoms with Crippen LogP contribution in [0.25, 0.3) is 0 Å². The number of benzene rings is 2. The standard InChI is InChI=1S/C25H32N4O3/c1-18(2)24(31)28-22-12-8-11-21(16-22)27-23(30)17-26-20-10-7-9-19(15-20)25(32)29-13-5-3-4-6-14-29/h7-12,15-16,18,26H,3-6,13-14,17H2,1-2H3,(H,27,30)(H,28,31). The van der Waals surface area contributed by atoms with Crippen molar-refractivity contribution in [2.45, 2.75) is 39.5 Å². The molecule has 0 radical (unpaired) electrons. The Morgan fingerprint density at radius 1 is 0.844 bits per heavy atom. The predicted molar refractivity (Wildman–Crippen MR) is 128 cm³/mol. The summed E-state index contributed by atoms with van der Waals surface area (Å²) in [5.41, 5.74) is 2.59. The van der Waals surface area contributed by atoms with E-state index in [1.165, 1.54) is 12.8 Å². The summed E-state index contributed by atoms with van der Waals surface area (Å²) in [7, 11) is 0. The first-order chi connectivity index (χ1) is 15.4. The molecule has 0 bridgehead atoms. The number of hydrogen-bond acceptors (Lipinski definition) is 4. The van der Waals surface area contributed by atoms with Gasteiger partial charge in [-0.3, -0.25) is 14.4 Å². The van der Waals surface area contributed by atoms with Gasteiger partial charge < -0.3 is 20.9 Å². The molecule has 1 heterocycles. The van der Waals surface area contributed by atoms with Crippen molar-refractivity contribution in [3.8, 4) is 0 Å².